The number of H-pyrrole nitrogens is 1. The Kier molecular flexibility index (Phi) is 3.73. The van der Waals surface area contributed by atoms with E-state index in [1.165, 1.54) is 24.5 Å². The average Bonchev–Trinajstić information content (AvgIpc) is 2.58. The van der Waals surface area contributed by atoms with E-state index >= 15 is 0 Å². The molecule has 1 aliphatic heterocycles. The van der Waals surface area contributed by atoms with E-state index in [1.54, 1.807) is 6.92 Å². The number of benzene rings is 1. The van der Waals surface area contributed by atoms with Crippen LogP contribution in [-0.2, 0) is 19.5 Å². The summed E-state index contributed by atoms with van der Waals surface area (Å²) in [6, 6.07) is 3.89. The van der Waals surface area contributed by atoms with Crippen molar-refractivity contribution in [1.82, 2.24) is 14.9 Å². The minimum Gasteiger partial charge on any atom is -0.464 e. The van der Waals surface area contributed by atoms with E-state index < -0.39 is 5.82 Å². The molecular weight excluding hydrogens is 325 g/mol. The minimum absolute atomic E-state index is 0.139. The quantitative estimate of drug-likeness (QED) is 0.770. The first kappa shape index (κ1) is 15.7. The van der Waals surface area contributed by atoms with Gasteiger partial charge in [-0.05, 0) is 25.1 Å². The van der Waals surface area contributed by atoms with Crippen molar-refractivity contribution >= 4 is 11.0 Å². The molecular formula is C18H16FN3O3. The minimum atomic E-state index is -0.475. The van der Waals surface area contributed by atoms with Gasteiger partial charge in [0, 0.05) is 31.6 Å². The highest BCUT2D eigenvalue weighted by atomic mass is 19.1. The highest BCUT2D eigenvalue weighted by molar-refractivity contribution is 5.76. The zero-order valence-electron chi connectivity index (χ0n) is 13.6. The molecule has 1 aromatic carbocycles. The molecule has 4 rings (SSSR count). The first-order chi connectivity index (χ1) is 12.0. The summed E-state index contributed by atoms with van der Waals surface area (Å²) in [5.41, 5.74) is 1.86. The zero-order chi connectivity index (χ0) is 17.6. The summed E-state index contributed by atoms with van der Waals surface area (Å²) in [5.74, 6) is 0.131. The van der Waals surface area contributed by atoms with Gasteiger partial charge in [-0.1, -0.05) is 0 Å². The molecule has 25 heavy (non-hydrogen) atoms. The molecule has 0 bridgehead atoms. The molecule has 0 fully saturated rings. The van der Waals surface area contributed by atoms with Crippen molar-refractivity contribution in [2.45, 2.75) is 26.4 Å². The maximum atomic E-state index is 13.4. The molecule has 3 heterocycles. The summed E-state index contributed by atoms with van der Waals surface area (Å²) in [6.45, 7) is 3.19. The number of nitrogens with zero attached hydrogens (tertiary/aromatic N) is 2. The molecule has 0 unspecified atom stereocenters. The Hall–Kier alpha value is -2.80. The fourth-order valence-electron chi connectivity index (χ4n) is 3.23. The molecule has 6 nitrogen and oxygen atoms in total. The van der Waals surface area contributed by atoms with Crippen LogP contribution in [0.3, 0.4) is 0 Å². The van der Waals surface area contributed by atoms with Crippen molar-refractivity contribution in [2.24, 2.45) is 0 Å². The van der Waals surface area contributed by atoms with Crippen molar-refractivity contribution in [3.63, 3.8) is 0 Å². The molecule has 0 atom stereocenters. The number of fused-ring (bicyclic) bond motifs is 2. The fraction of sp³-hybridized carbons (Fsp3) is 0.278. The molecule has 128 valence electrons. The average molecular weight is 341 g/mol. The van der Waals surface area contributed by atoms with Gasteiger partial charge in [0.25, 0.3) is 5.56 Å². The van der Waals surface area contributed by atoms with Gasteiger partial charge < -0.3 is 9.40 Å². The summed E-state index contributed by atoms with van der Waals surface area (Å²) < 4.78 is 18.9. The molecule has 2 aromatic heterocycles. The van der Waals surface area contributed by atoms with Crippen LogP contribution in [0, 0.1) is 12.7 Å². The maximum absolute atomic E-state index is 13.4. The summed E-state index contributed by atoms with van der Waals surface area (Å²) in [5, 5.41) is 0.227. The lowest BCUT2D eigenvalue weighted by atomic mass is 10.1. The van der Waals surface area contributed by atoms with Gasteiger partial charge in [-0.2, -0.15) is 0 Å². The number of nitrogens with one attached hydrogen (secondary N) is 1. The summed E-state index contributed by atoms with van der Waals surface area (Å²) in [7, 11) is 0. The highest BCUT2D eigenvalue weighted by Crippen LogP contribution is 2.17. The molecule has 0 spiro atoms. The lowest BCUT2D eigenvalue weighted by Gasteiger charge is -2.27. The number of aromatic amines is 1. The van der Waals surface area contributed by atoms with Gasteiger partial charge in [0.1, 0.15) is 17.2 Å². The first-order valence-electron chi connectivity index (χ1n) is 8.02. The summed E-state index contributed by atoms with van der Waals surface area (Å²) in [4.78, 5) is 33.8. The van der Waals surface area contributed by atoms with Crippen molar-refractivity contribution in [2.75, 3.05) is 6.54 Å². The molecule has 0 aliphatic carbocycles. The Morgan fingerprint density at radius 2 is 2.20 bits per heavy atom. The Labute approximate surface area is 141 Å². The van der Waals surface area contributed by atoms with Crippen LogP contribution in [0.25, 0.3) is 11.0 Å². The topological polar surface area (TPSA) is 79.2 Å². The van der Waals surface area contributed by atoms with E-state index in [0.717, 1.165) is 5.69 Å². The largest absolute Gasteiger partial charge is 0.464 e. The van der Waals surface area contributed by atoms with Crippen LogP contribution >= 0.6 is 0 Å². The highest BCUT2D eigenvalue weighted by Gasteiger charge is 2.22. The van der Waals surface area contributed by atoms with Crippen LogP contribution in [-0.4, -0.2) is 21.4 Å². The van der Waals surface area contributed by atoms with E-state index in [4.69, 9.17) is 4.42 Å². The lowest BCUT2D eigenvalue weighted by Crippen LogP contribution is -2.36. The van der Waals surface area contributed by atoms with Crippen LogP contribution in [0.1, 0.15) is 22.6 Å². The van der Waals surface area contributed by atoms with Crippen molar-refractivity contribution in [1.29, 1.82) is 0 Å². The molecule has 0 amide bonds. The Morgan fingerprint density at radius 3 is 3.04 bits per heavy atom. The molecule has 0 saturated heterocycles. The first-order valence-corrected chi connectivity index (χ1v) is 8.02. The van der Waals surface area contributed by atoms with Gasteiger partial charge in [0.2, 0.25) is 0 Å². The number of hydrogen-bond donors (Lipinski definition) is 1. The van der Waals surface area contributed by atoms with Gasteiger partial charge in [-0.3, -0.25) is 14.5 Å². The van der Waals surface area contributed by atoms with Crippen LogP contribution < -0.4 is 11.0 Å². The Balaban J connectivity index is 1.65. The van der Waals surface area contributed by atoms with Crippen LogP contribution in [0.4, 0.5) is 4.39 Å². The maximum Gasteiger partial charge on any atom is 0.255 e. The summed E-state index contributed by atoms with van der Waals surface area (Å²) in [6.07, 6.45) is 2.06. The standard InChI is InChI=1S/C18H16FN3O3/c1-10-20-15-4-5-22(8-14(15)18(24)21-10)7-11-9-25-16-3-2-12(19)6-13(16)17(11)23/h2-3,6,9H,4-5,7-8H2,1H3,(H,20,21,24). The molecule has 0 radical (unpaired) electrons. The van der Waals surface area contributed by atoms with Gasteiger partial charge in [0.15, 0.2) is 5.43 Å². The molecule has 1 N–H and O–H groups in total. The van der Waals surface area contributed by atoms with Gasteiger partial charge >= 0.3 is 0 Å². The molecule has 7 heteroatoms. The SMILES string of the molecule is Cc1nc2c(c(=O)[nH]1)CN(Cc1coc3ccc(F)cc3c1=O)CC2. The van der Waals surface area contributed by atoms with E-state index in [9.17, 15) is 14.0 Å². The predicted molar refractivity (Wildman–Crippen MR) is 89.9 cm³/mol. The van der Waals surface area contributed by atoms with E-state index in [2.05, 4.69) is 9.97 Å². The number of halogens is 1. The van der Waals surface area contributed by atoms with Crippen LogP contribution in [0.15, 0.2) is 38.5 Å². The number of aryl methyl sites for hydroxylation is 1. The smallest absolute Gasteiger partial charge is 0.255 e. The number of rotatable bonds is 2. The lowest BCUT2D eigenvalue weighted by molar-refractivity contribution is 0.239. The number of hydrogen-bond acceptors (Lipinski definition) is 5. The third-order valence-corrected chi connectivity index (χ3v) is 4.47. The monoisotopic (exact) mass is 341 g/mol. The number of aromatic nitrogens is 2. The zero-order valence-corrected chi connectivity index (χ0v) is 13.6. The van der Waals surface area contributed by atoms with Gasteiger partial charge in [-0.25, -0.2) is 9.37 Å². The van der Waals surface area contributed by atoms with Crippen LogP contribution in [0.2, 0.25) is 0 Å². The predicted octanol–water partition coefficient (Wildman–Crippen LogP) is 1.88. The van der Waals surface area contributed by atoms with Gasteiger partial charge in [0.05, 0.1) is 22.9 Å². The molecule has 3 aromatic rings. The third-order valence-electron chi connectivity index (χ3n) is 4.47. The molecule has 1 aliphatic rings. The van der Waals surface area contributed by atoms with E-state index in [1.807, 2.05) is 4.90 Å². The summed E-state index contributed by atoms with van der Waals surface area (Å²) >= 11 is 0. The van der Waals surface area contributed by atoms with Gasteiger partial charge in [-0.15, -0.1) is 0 Å². The van der Waals surface area contributed by atoms with Crippen molar-refractivity contribution in [3.8, 4) is 0 Å². The second-order valence-corrected chi connectivity index (χ2v) is 6.27. The second-order valence-electron chi connectivity index (χ2n) is 6.27. The van der Waals surface area contributed by atoms with Crippen molar-refractivity contribution in [3.05, 3.63) is 73.5 Å². The van der Waals surface area contributed by atoms with E-state index in [0.29, 0.717) is 48.6 Å². The second kappa shape index (κ2) is 5.93. The van der Waals surface area contributed by atoms with E-state index in [-0.39, 0.29) is 16.4 Å². The molecule has 0 saturated carbocycles. The Bertz CT molecular complexity index is 1090. The Morgan fingerprint density at radius 1 is 1.36 bits per heavy atom. The normalized spacial score (nSPS) is 14.6. The fourth-order valence-corrected chi connectivity index (χ4v) is 3.23. The van der Waals surface area contributed by atoms with Crippen LogP contribution in [0.5, 0.6) is 0 Å². The third kappa shape index (κ3) is 2.87. The van der Waals surface area contributed by atoms with Crippen molar-refractivity contribution < 1.29 is 8.81 Å².